The van der Waals surface area contributed by atoms with Gasteiger partial charge in [0.1, 0.15) is 5.69 Å². The molecule has 0 bridgehead atoms. The fraction of sp³-hybridized carbons (Fsp3) is 0.158. The molecule has 0 aliphatic rings. The number of benzene rings is 1. The van der Waals surface area contributed by atoms with Crippen molar-refractivity contribution in [3.63, 3.8) is 0 Å². The van der Waals surface area contributed by atoms with Gasteiger partial charge in [0.15, 0.2) is 11.5 Å². The molecule has 140 valence electrons. The number of para-hydroxylation sites is 1. The molecular formula is C19H17NO6S. The Hall–Kier alpha value is -3.13. The molecule has 0 fully saturated rings. The molecule has 0 N–H and O–H groups in total. The van der Waals surface area contributed by atoms with Crippen molar-refractivity contribution in [3.05, 3.63) is 71.5 Å². The number of ether oxygens (including phenoxy) is 1. The molecule has 2 aromatic heterocycles. The van der Waals surface area contributed by atoms with Crippen LogP contribution in [0, 0.1) is 0 Å². The normalized spacial score (nSPS) is 11.3. The number of ketones is 1. The Morgan fingerprint density at radius 2 is 1.74 bits per heavy atom. The zero-order chi connectivity index (χ0) is 19.6. The van der Waals surface area contributed by atoms with E-state index in [1.165, 1.54) is 18.2 Å². The van der Waals surface area contributed by atoms with E-state index >= 15 is 0 Å². The predicted molar refractivity (Wildman–Crippen MR) is 98.7 cm³/mol. The van der Waals surface area contributed by atoms with Gasteiger partial charge in [0.25, 0.3) is 0 Å². The van der Waals surface area contributed by atoms with Crippen molar-refractivity contribution in [2.75, 3.05) is 12.9 Å². The highest BCUT2D eigenvalue weighted by atomic mass is 32.2. The lowest BCUT2D eigenvalue weighted by atomic mass is 10.0. The number of fused-ring (bicyclic) bond motifs is 1. The quantitative estimate of drug-likeness (QED) is 0.367. The maximum Gasteiger partial charge on any atom is 0.355 e. The van der Waals surface area contributed by atoms with Gasteiger partial charge < -0.3 is 13.3 Å². The maximum absolute atomic E-state index is 13.1. The highest BCUT2D eigenvalue weighted by molar-refractivity contribution is 7.86. The van der Waals surface area contributed by atoms with Crippen LogP contribution in [0.1, 0.15) is 33.3 Å². The third-order valence-corrected chi connectivity index (χ3v) is 4.26. The second kappa shape index (κ2) is 7.24. The highest BCUT2D eigenvalue weighted by Crippen LogP contribution is 2.26. The number of aromatic nitrogens is 1. The van der Waals surface area contributed by atoms with Crippen molar-refractivity contribution in [1.29, 1.82) is 0 Å². The smallest absolute Gasteiger partial charge is 0.355 e. The molecule has 0 saturated carbocycles. The number of rotatable bonds is 6. The molecule has 27 heavy (non-hydrogen) atoms. The van der Waals surface area contributed by atoms with Crippen LogP contribution in [-0.4, -0.2) is 37.4 Å². The Kier molecular flexibility index (Phi) is 5.00. The van der Waals surface area contributed by atoms with Crippen LogP contribution in [0.25, 0.3) is 5.52 Å². The van der Waals surface area contributed by atoms with Crippen LogP contribution in [-0.2, 0) is 14.9 Å². The highest BCUT2D eigenvalue weighted by Gasteiger charge is 2.23. The first-order valence-electron chi connectivity index (χ1n) is 8.12. The van der Waals surface area contributed by atoms with Crippen LogP contribution < -0.4 is 4.18 Å². The van der Waals surface area contributed by atoms with Crippen molar-refractivity contribution < 1.29 is 26.9 Å². The van der Waals surface area contributed by atoms with Gasteiger partial charge in [-0.3, -0.25) is 4.79 Å². The van der Waals surface area contributed by atoms with E-state index in [0.29, 0.717) is 5.52 Å². The summed E-state index contributed by atoms with van der Waals surface area (Å²) in [4.78, 5) is 25.3. The zero-order valence-corrected chi connectivity index (χ0v) is 15.5. The predicted octanol–water partition coefficient (Wildman–Crippen LogP) is 2.69. The van der Waals surface area contributed by atoms with Crippen LogP contribution in [0.15, 0.2) is 54.7 Å². The van der Waals surface area contributed by atoms with Gasteiger partial charge in [-0.1, -0.05) is 18.2 Å². The summed E-state index contributed by atoms with van der Waals surface area (Å²) in [5.41, 5.74) is 1.02. The first-order valence-corrected chi connectivity index (χ1v) is 9.94. The second-order valence-corrected chi connectivity index (χ2v) is 7.31. The molecule has 3 aromatic rings. The van der Waals surface area contributed by atoms with Gasteiger partial charge in [-0.15, -0.1) is 0 Å². The summed E-state index contributed by atoms with van der Waals surface area (Å²) >= 11 is 0. The lowest BCUT2D eigenvalue weighted by Gasteiger charge is -2.08. The standard InChI is InChI=1S/C19H17NO6S/c1-3-25-19(22)16-12-14(15-9-6-7-11-20(15)16)18(21)13-8-4-5-10-17(13)26-27(2,23)24/h4-12H,3H2,1-2H3. The zero-order valence-electron chi connectivity index (χ0n) is 14.7. The summed E-state index contributed by atoms with van der Waals surface area (Å²) < 4.78 is 34.5. The summed E-state index contributed by atoms with van der Waals surface area (Å²) in [6.07, 6.45) is 2.55. The lowest BCUT2D eigenvalue weighted by Crippen LogP contribution is -2.10. The lowest BCUT2D eigenvalue weighted by molar-refractivity contribution is 0.0518. The fourth-order valence-electron chi connectivity index (χ4n) is 2.73. The third-order valence-electron chi connectivity index (χ3n) is 3.78. The molecule has 3 rings (SSSR count). The molecule has 0 radical (unpaired) electrons. The van der Waals surface area contributed by atoms with E-state index in [-0.39, 0.29) is 29.2 Å². The van der Waals surface area contributed by atoms with Crippen molar-refractivity contribution in [1.82, 2.24) is 4.40 Å². The number of hydrogen-bond acceptors (Lipinski definition) is 6. The van der Waals surface area contributed by atoms with Gasteiger partial charge in [-0.05, 0) is 37.3 Å². The summed E-state index contributed by atoms with van der Waals surface area (Å²) in [5, 5.41) is 0. The fourth-order valence-corrected chi connectivity index (χ4v) is 3.20. The Labute approximate surface area is 156 Å². The van der Waals surface area contributed by atoms with E-state index in [0.717, 1.165) is 6.26 Å². The Morgan fingerprint density at radius 1 is 1.04 bits per heavy atom. The van der Waals surface area contributed by atoms with Gasteiger partial charge in [-0.25, -0.2) is 4.79 Å². The number of carbonyl (C=O) groups is 2. The van der Waals surface area contributed by atoms with Gasteiger partial charge in [0, 0.05) is 11.8 Å². The van der Waals surface area contributed by atoms with Gasteiger partial charge in [-0.2, -0.15) is 8.42 Å². The molecule has 8 heteroatoms. The molecule has 2 heterocycles. The van der Waals surface area contributed by atoms with Crippen molar-refractivity contribution in [2.24, 2.45) is 0 Å². The summed E-state index contributed by atoms with van der Waals surface area (Å²) in [5.74, 6) is -1.09. The largest absolute Gasteiger partial charge is 0.461 e. The van der Waals surface area contributed by atoms with Crippen LogP contribution in [0.3, 0.4) is 0 Å². The molecule has 0 aliphatic carbocycles. The van der Waals surface area contributed by atoms with Crippen molar-refractivity contribution in [2.45, 2.75) is 6.92 Å². The Balaban J connectivity index is 2.14. The summed E-state index contributed by atoms with van der Waals surface area (Å²) in [6.45, 7) is 1.89. The maximum atomic E-state index is 13.1. The monoisotopic (exact) mass is 387 g/mol. The number of nitrogens with zero attached hydrogens (tertiary/aromatic N) is 1. The van der Waals surface area contributed by atoms with Crippen LogP contribution >= 0.6 is 0 Å². The van der Waals surface area contributed by atoms with E-state index in [4.69, 9.17) is 8.92 Å². The molecule has 0 atom stereocenters. The number of hydrogen-bond donors (Lipinski definition) is 0. The number of carbonyl (C=O) groups excluding carboxylic acids is 2. The molecule has 0 unspecified atom stereocenters. The SMILES string of the molecule is CCOC(=O)c1cc(C(=O)c2ccccc2OS(C)(=O)=O)c2ccccn12. The van der Waals surface area contributed by atoms with E-state index < -0.39 is 21.9 Å². The van der Waals surface area contributed by atoms with Crippen LogP contribution in [0.2, 0.25) is 0 Å². The second-order valence-electron chi connectivity index (χ2n) is 5.73. The van der Waals surface area contributed by atoms with Crippen molar-refractivity contribution in [3.8, 4) is 5.75 Å². The van der Waals surface area contributed by atoms with E-state index in [1.807, 2.05) is 0 Å². The van der Waals surface area contributed by atoms with Gasteiger partial charge in [0.05, 0.1) is 23.9 Å². The summed E-state index contributed by atoms with van der Waals surface area (Å²) in [7, 11) is -3.80. The molecule has 0 saturated heterocycles. The minimum absolute atomic E-state index is 0.0713. The van der Waals surface area contributed by atoms with Crippen LogP contribution in [0.4, 0.5) is 0 Å². The molecule has 0 spiro atoms. The molecule has 0 aliphatic heterocycles. The Bertz CT molecular complexity index is 1130. The number of esters is 1. The first kappa shape index (κ1) is 18.7. The average molecular weight is 387 g/mol. The number of pyridine rings is 1. The molecule has 0 amide bonds. The minimum atomic E-state index is -3.80. The Morgan fingerprint density at radius 3 is 2.44 bits per heavy atom. The topological polar surface area (TPSA) is 91.2 Å². The average Bonchev–Trinajstić information content (AvgIpc) is 3.00. The molecule has 7 nitrogen and oxygen atoms in total. The van der Waals surface area contributed by atoms with Crippen LogP contribution in [0.5, 0.6) is 5.75 Å². The minimum Gasteiger partial charge on any atom is -0.461 e. The van der Waals surface area contributed by atoms with E-state index in [1.54, 1.807) is 47.9 Å². The molecular weight excluding hydrogens is 370 g/mol. The van der Waals surface area contributed by atoms with E-state index in [9.17, 15) is 18.0 Å². The van der Waals surface area contributed by atoms with Crippen molar-refractivity contribution >= 4 is 27.4 Å². The van der Waals surface area contributed by atoms with E-state index in [2.05, 4.69) is 0 Å². The molecule has 1 aromatic carbocycles. The summed E-state index contributed by atoms with van der Waals surface area (Å²) in [6, 6.07) is 12.6. The first-order chi connectivity index (χ1) is 12.8. The third kappa shape index (κ3) is 3.85. The van der Waals surface area contributed by atoms with Gasteiger partial charge in [0.2, 0.25) is 0 Å². The van der Waals surface area contributed by atoms with Gasteiger partial charge >= 0.3 is 16.1 Å².